The van der Waals surface area contributed by atoms with Gasteiger partial charge in [-0.05, 0) is 30.2 Å². The number of aromatic hydroxyl groups is 1. The van der Waals surface area contributed by atoms with E-state index >= 15 is 0 Å². The van der Waals surface area contributed by atoms with Gasteiger partial charge in [-0.1, -0.05) is 6.07 Å². The Bertz CT molecular complexity index is 775. The molecule has 3 N–H and O–H groups in total. The van der Waals surface area contributed by atoms with E-state index in [0.717, 1.165) is 29.7 Å². The maximum atomic E-state index is 12.7. The molecule has 3 heterocycles. The third kappa shape index (κ3) is 3.16. The summed E-state index contributed by atoms with van der Waals surface area (Å²) in [5, 5.41) is 10.4. The molecular weight excluding hydrogens is 320 g/mol. The molecule has 1 aromatic carbocycles. The lowest BCUT2D eigenvalue weighted by Gasteiger charge is -2.23. The number of nitrogens with zero attached hydrogens (tertiary/aromatic N) is 2. The van der Waals surface area contributed by atoms with Crippen LogP contribution >= 0.6 is 0 Å². The average Bonchev–Trinajstić information content (AvgIpc) is 3.08. The number of phenols is 1. The summed E-state index contributed by atoms with van der Waals surface area (Å²) in [6.45, 7) is 2.04. The SMILES string of the molecule is O=C(C1CCNN1)N1CCOc2c(O)cc(-c3cccnc3)cc2C1. The van der Waals surface area contributed by atoms with E-state index in [1.54, 1.807) is 23.4 Å². The van der Waals surface area contributed by atoms with Crippen molar-refractivity contribution in [2.45, 2.75) is 19.0 Å². The van der Waals surface area contributed by atoms with E-state index in [9.17, 15) is 9.90 Å². The van der Waals surface area contributed by atoms with Crippen LogP contribution in [0.1, 0.15) is 12.0 Å². The smallest absolute Gasteiger partial charge is 0.241 e. The highest BCUT2D eigenvalue weighted by Crippen LogP contribution is 2.37. The van der Waals surface area contributed by atoms with Gasteiger partial charge in [0.1, 0.15) is 12.6 Å². The van der Waals surface area contributed by atoms with Crippen molar-refractivity contribution >= 4 is 5.91 Å². The summed E-state index contributed by atoms with van der Waals surface area (Å²) < 4.78 is 5.72. The maximum absolute atomic E-state index is 12.7. The van der Waals surface area contributed by atoms with Crippen LogP contribution in [0.15, 0.2) is 36.7 Å². The highest BCUT2D eigenvalue weighted by Gasteiger charge is 2.29. The number of carbonyl (C=O) groups is 1. The summed E-state index contributed by atoms with van der Waals surface area (Å²) >= 11 is 0. The van der Waals surface area contributed by atoms with Crippen molar-refractivity contribution in [3.63, 3.8) is 0 Å². The van der Waals surface area contributed by atoms with Crippen molar-refractivity contribution in [1.82, 2.24) is 20.7 Å². The Morgan fingerprint density at radius 2 is 2.28 bits per heavy atom. The Morgan fingerprint density at radius 3 is 3.04 bits per heavy atom. The number of carbonyl (C=O) groups excluding carboxylic acids is 1. The Labute approximate surface area is 145 Å². The first-order valence-corrected chi connectivity index (χ1v) is 8.38. The van der Waals surface area contributed by atoms with Crippen LogP contribution in [0.4, 0.5) is 0 Å². The predicted molar refractivity (Wildman–Crippen MR) is 91.8 cm³/mol. The van der Waals surface area contributed by atoms with Gasteiger partial charge in [-0.2, -0.15) is 0 Å². The number of phenolic OH excluding ortho intramolecular Hbond substituents is 1. The van der Waals surface area contributed by atoms with E-state index in [2.05, 4.69) is 15.8 Å². The highest BCUT2D eigenvalue weighted by atomic mass is 16.5. The molecule has 1 atom stereocenters. The van der Waals surface area contributed by atoms with Crippen LogP contribution in [0.25, 0.3) is 11.1 Å². The van der Waals surface area contributed by atoms with Crippen LogP contribution in [0, 0.1) is 0 Å². The fourth-order valence-corrected chi connectivity index (χ4v) is 3.28. The Kier molecular flexibility index (Phi) is 4.25. The van der Waals surface area contributed by atoms with Crippen molar-refractivity contribution in [2.75, 3.05) is 19.7 Å². The van der Waals surface area contributed by atoms with Gasteiger partial charge in [-0.25, -0.2) is 5.43 Å². The lowest BCUT2D eigenvalue weighted by Crippen LogP contribution is -2.46. The molecule has 0 saturated carbocycles. The molecule has 2 aliphatic heterocycles. The molecule has 0 spiro atoms. The highest BCUT2D eigenvalue weighted by molar-refractivity contribution is 5.82. The van der Waals surface area contributed by atoms with E-state index in [1.807, 2.05) is 18.2 Å². The zero-order valence-corrected chi connectivity index (χ0v) is 13.7. The van der Waals surface area contributed by atoms with Gasteiger partial charge in [0.25, 0.3) is 0 Å². The molecule has 0 radical (unpaired) electrons. The second-order valence-electron chi connectivity index (χ2n) is 6.25. The summed E-state index contributed by atoms with van der Waals surface area (Å²) in [5.74, 6) is 0.597. The van der Waals surface area contributed by atoms with Crippen LogP contribution in [-0.4, -0.2) is 46.6 Å². The van der Waals surface area contributed by atoms with Crippen LogP contribution in [0.5, 0.6) is 11.5 Å². The van der Waals surface area contributed by atoms with Crippen LogP contribution in [-0.2, 0) is 11.3 Å². The Hall–Kier alpha value is -2.64. The molecule has 1 amide bonds. The Balaban J connectivity index is 1.65. The van der Waals surface area contributed by atoms with Crippen molar-refractivity contribution < 1.29 is 14.6 Å². The number of rotatable bonds is 2. The molecule has 7 heteroatoms. The number of pyridine rings is 1. The fraction of sp³-hybridized carbons (Fsp3) is 0.333. The summed E-state index contributed by atoms with van der Waals surface area (Å²) in [7, 11) is 0. The maximum Gasteiger partial charge on any atom is 0.241 e. The topological polar surface area (TPSA) is 86.7 Å². The molecule has 2 aromatic rings. The average molecular weight is 340 g/mol. The standard InChI is InChI=1S/C18H20N4O3/c23-16-9-13(12-2-1-4-19-10-12)8-14-11-22(6-7-25-17(14)16)18(24)15-3-5-20-21-15/h1-2,4,8-10,15,20-21,23H,3,5-7,11H2. The van der Waals surface area contributed by atoms with Crippen LogP contribution in [0.2, 0.25) is 0 Å². The lowest BCUT2D eigenvalue weighted by molar-refractivity contribution is -0.133. The van der Waals surface area contributed by atoms with Gasteiger partial charge >= 0.3 is 0 Å². The monoisotopic (exact) mass is 340 g/mol. The van der Waals surface area contributed by atoms with Crippen LogP contribution < -0.4 is 15.6 Å². The fourth-order valence-electron chi connectivity index (χ4n) is 3.28. The minimum absolute atomic E-state index is 0.0488. The minimum Gasteiger partial charge on any atom is -0.504 e. The number of hydrazine groups is 1. The molecule has 4 rings (SSSR count). The van der Waals surface area contributed by atoms with Gasteiger partial charge < -0.3 is 14.7 Å². The van der Waals surface area contributed by atoms with Crippen molar-refractivity contribution in [3.05, 3.63) is 42.2 Å². The quantitative estimate of drug-likeness (QED) is 0.757. The summed E-state index contributed by atoms with van der Waals surface area (Å²) in [6.07, 6.45) is 4.22. The van der Waals surface area contributed by atoms with E-state index in [0.29, 0.717) is 25.4 Å². The molecule has 130 valence electrons. The minimum atomic E-state index is -0.211. The zero-order chi connectivity index (χ0) is 17.2. The lowest BCUT2D eigenvalue weighted by atomic mass is 10.0. The summed E-state index contributed by atoms with van der Waals surface area (Å²) in [4.78, 5) is 18.6. The normalized spacial score (nSPS) is 19.8. The van der Waals surface area contributed by atoms with Gasteiger partial charge in [0.05, 0.1) is 6.54 Å². The molecule has 1 fully saturated rings. The van der Waals surface area contributed by atoms with E-state index in [1.165, 1.54) is 0 Å². The first kappa shape index (κ1) is 15.9. The van der Waals surface area contributed by atoms with Gasteiger partial charge in [0, 0.05) is 36.6 Å². The molecule has 1 aromatic heterocycles. The second kappa shape index (κ2) is 6.70. The van der Waals surface area contributed by atoms with Gasteiger partial charge in [-0.15, -0.1) is 0 Å². The Morgan fingerprint density at radius 1 is 1.36 bits per heavy atom. The largest absolute Gasteiger partial charge is 0.504 e. The number of amides is 1. The van der Waals surface area contributed by atoms with E-state index < -0.39 is 0 Å². The number of ether oxygens (including phenoxy) is 1. The molecule has 1 saturated heterocycles. The number of nitrogens with one attached hydrogen (secondary N) is 2. The summed E-state index contributed by atoms with van der Waals surface area (Å²) in [6, 6.07) is 7.20. The number of fused-ring (bicyclic) bond motifs is 1. The molecule has 7 nitrogen and oxygen atoms in total. The summed E-state index contributed by atoms with van der Waals surface area (Å²) in [5.41, 5.74) is 8.56. The molecular formula is C18H20N4O3. The third-order valence-corrected chi connectivity index (χ3v) is 4.55. The molecule has 0 aliphatic carbocycles. The zero-order valence-electron chi connectivity index (χ0n) is 13.7. The van der Waals surface area contributed by atoms with Gasteiger partial charge in [-0.3, -0.25) is 15.2 Å². The van der Waals surface area contributed by atoms with Gasteiger partial charge in [0.2, 0.25) is 5.91 Å². The predicted octanol–water partition coefficient (Wildman–Crippen LogP) is 1.04. The number of hydrogen-bond acceptors (Lipinski definition) is 6. The van der Waals surface area contributed by atoms with E-state index in [-0.39, 0.29) is 17.7 Å². The number of hydrogen-bond donors (Lipinski definition) is 3. The van der Waals surface area contributed by atoms with Crippen molar-refractivity contribution in [1.29, 1.82) is 0 Å². The number of benzene rings is 1. The van der Waals surface area contributed by atoms with E-state index in [4.69, 9.17) is 4.74 Å². The first-order chi connectivity index (χ1) is 12.2. The van der Waals surface area contributed by atoms with Gasteiger partial charge in [0.15, 0.2) is 11.5 Å². The van der Waals surface area contributed by atoms with Crippen molar-refractivity contribution in [2.24, 2.45) is 0 Å². The molecule has 1 unspecified atom stereocenters. The number of aromatic nitrogens is 1. The molecule has 0 bridgehead atoms. The van der Waals surface area contributed by atoms with Crippen LogP contribution in [0.3, 0.4) is 0 Å². The first-order valence-electron chi connectivity index (χ1n) is 8.38. The molecule has 2 aliphatic rings. The third-order valence-electron chi connectivity index (χ3n) is 4.55. The second-order valence-corrected chi connectivity index (χ2v) is 6.25. The molecule has 25 heavy (non-hydrogen) atoms. The van der Waals surface area contributed by atoms with Crippen molar-refractivity contribution in [3.8, 4) is 22.6 Å².